The van der Waals surface area contributed by atoms with Crippen LogP contribution in [0.15, 0.2) is 0 Å². The Labute approximate surface area is 94.0 Å². The van der Waals surface area contributed by atoms with E-state index in [1.54, 1.807) is 0 Å². The molecule has 0 rings (SSSR count). The van der Waals surface area contributed by atoms with Gasteiger partial charge in [0.1, 0.15) is 0 Å². The van der Waals surface area contributed by atoms with E-state index in [1.165, 1.54) is 6.42 Å². The van der Waals surface area contributed by atoms with Crippen molar-refractivity contribution in [3.05, 3.63) is 0 Å². The van der Waals surface area contributed by atoms with Crippen molar-refractivity contribution in [2.24, 2.45) is 5.92 Å². The van der Waals surface area contributed by atoms with Crippen LogP contribution in [0.4, 0.5) is 0 Å². The predicted octanol–water partition coefficient (Wildman–Crippen LogP) is 1.93. The van der Waals surface area contributed by atoms with E-state index in [1.807, 2.05) is 0 Å². The van der Waals surface area contributed by atoms with Gasteiger partial charge in [0.2, 0.25) is 5.91 Å². The summed E-state index contributed by atoms with van der Waals surface area (Å²) in [7, 11) is 0. The van der Waals surface area contributed by atoms with E-state index in [0.717, 1.165) is 19.4 Å². The smallest absolute Gasteiger partial charge is 0.234 e. The standard InChI is InChI=1S/C12H26N2O/c1-5-7-13-9-12(15)14-11(4)8-10(3)6-2/h10-11,13H,5-9H2,1-4H3,(H,14,15). The van der Waals surface area contributed by atoms with Gasteiger partial charge < -0.3 is 10.6 Å². The fraction of sp³-hybridized carbons (Fsp3) is 0.917. The summed E-state index contributed by atoms with van der Waals surface area (Å²) in [5.41, 5.74) is 0. The first kappa shape index (κ1) is 14.4. The number of rotatable bonds is 8. The van der Waals surface area contributed by atoms with Crippen molar-refractivity contribution >= 4 is 5.91 Å². The molecule has 0 aliphatic rings. The van der Waals surface area contributed by atoms with Crippen LogP contribution < -0.4 is 10.6 Å². The van der Waals surface area contributed by atoms with E-state index in [0.29, 0.717) is 12.5 Å². The van der Waals surface area contributed by atoms with Gasteiger partial charge in [-0.2, -0.15) is 0 Å². The molecule has 0 heterocycles. The minimum absolute atomic E-state index is 0.110. The summed E-state index contributed by atoms with van der Waals surface area (Å²) >= 11 is 0. The van der Waals surface area contributed by atoms with Crippen LogP contribution in [0.2, 0.25) is 0 Å². The van der Waals surface area contributed by atoms with Crippen molar-refractivity contribution in [2.75, 3.05) is 13.1 Å². The average molecular weight is 214 g/mol. The molecule has 0 fully saturated rings. The van der Waals surface area contributed by atoms with Crippen LogP contribution in [-0.4, -0.2) is 25.0 Å². The maximum absolute atomic E-state index is 11.4. The van der Waals surface area contributed by atoms with Crippen molar-refractivity contribution in [2.45, 2.75) is 53.0 Å². The summed E-state index contributed by atoms with van der Waals surface area (Å²) in [5.74, 6) is 0.795. The molecule has 0 saturated carbocycles. The molecular weight excluding hydrogens is 188 g/mol. The topological polar surface area (TPSA) is 41.1 Å². The molecule has 0 aliphatic carbocycles. The molecule has 2 N–H and O–H groups in total. The number of hydrogen-bond donors (Lipinski definition) is 2. The molecule has 0 saturated heterocycles. The lowest BCUT2D eigenvalue weighted by molar-refractivity contribution is -0.120. The normalized spacial score (nSPS) is 14.7. The van der Waals surface area contributed by atoms with Crippen LogP contribution in [0, 0.1) is 5.92 Å². The minimum atomic E-state index is 0.110. The van der Waals surface area contributed by atoms with E-state index >= 15 is 0 Å². The average Bonchev–Trinajstić information content (AvgIpc) is 2.17. The summed E-state index contributed by atoms with van der Waals surface area (Å²) in [5, 5.41) is 6.10. The molecule has 3 heteroatoms. The highest BCUT2D eigenvalue weighted by atomic mass is 16.1. The van der Waals surface area contributed by atoms with Gasteiger partial charge in [-0.05, 0) is 32.2 Å². The minimum Gasteiger partial charge on any atom is -0.353 e. The van der Waals surface area contributed by atoms with Gasteiger partial charge in [0.05, 0.1) is 6.54 Å². The van der Waals surface area contributed by atoms with Crippen molar-refractivity contribution in [1.29, 1.82) is 0 Å². The Kier molecular flexibility index (Phi) is 8.38. The summed E-state index contributed by atoms with van der Waals surface area (Å²) in [6, 6.07) is 0.288. The highest BCUT2D eigenvalue weighted by molar-refractivity contribution is 5.78. The summed E-state index contributed by atoms with van der Waals surface area (Å²) in [4.78, 5) is 11.4. The molecule has 0 aromatic heterocycles. The van der Waals surface area contributed by atoms with E-state index in [-0.39, 0.29) is 11.9 Å². The highest BCUT2D eigenvalue weighted by Gasteiger charge is 2.09. The molecule has 1 amide bonds. The molecule has 3 nitrogen and oxygen atoms in total. The molecule has 0 aliphatic heterocycles. The zero-order valence-corrected chi connectivity index (χ0v) is 10.6. The molecule has 0 aromatic rings. The Balaban J connectivity index is 3.57. The lowest BCUT2D eigenvalue weighted by Gasteiger charge is -2.17. The molecule has 0 bridgehead atoms. The lowest BCUT2D eigenvalue weighted by atomic mass is 10.0. The quantitative estimate of drug-likeness (QED) is 0.606. The molecule has 2 atom stereocenters. The Morgan fingerprint density at radius 1 is 1.27 bits per heavy atom. The van der Waals surface area contributed by atoms with Gasteiger partial charge in [0.15, 0.2) is 0 Å². The first-order chi connectivity index (χ1) is 7.10. The number of carbonyl (C=O) groups excluding carboxylic acids is 1. The monoisotopic (exact) mass is 214 g/mol. The third kappa shape index (κ3) is 8.43. The molecule has 15 heavy (non-hydrogen) atoms. The van der Waals surface area contributed by atoms with Gasteiger partial charge in [-0.15, -0.1) is 0 Å². The molecule has 0 radical (unpaired) electrons. The maximum atomic E-state index is 11.4. The van der Waals surface area contributed by atoms with E-state index < -0.39 is 0 Å². The van der Waals surface area contributed by atoms with Gasteiger partial charge in [0.25, 0.3) is 0 Å². The number of amides is 1. The van der Waals surface area contributed by atoms with Crippen molar-refractivity contribution in [1.82, 2.24) is 10.6 Å². The largest absolute Gasteiger partial charge is 0.353 e. The van der Waals surface area contributed by atoms with Crippen LogP contribution in [0.1, 0.15) is 47.0 Å². The van der Waals surface area contributed by atoms with Crippen LogP contribution in [-0.2, 0) is 4.79 Å². The van der Waals surface area contributed by atoms with Crippen LogP contribution >= 0.6 is 0 Å². The number of hydrogen-bond acceptors (Lipinski definition) is 2. The molecule has 0 aromatic carbocycles. The number of carbonyl (C=O) groups is 1. The van der Waals surface area contributed by atoms with Gasteiger partial charge in [-0.3, -0.25) is 4.79 Å². The fourth-order valence-electron chi connectivity index (χ4n) is 1.53. The highest BCUT2D eigenvalue weighted by Crippen LogP contribution is 2.08. The van der Waals surface area contributed by atoms with Gasteiger partial charge in [-0.1, -0.05) is 27.2 Å². The Hall–Kier alpha value is -0.570. The summed E-state index contributed by atoms with van der Waals surface area (Å²) in [6.07, 6.45) is 3.31. The Bertz CT molecular complexity index is 171. The number of nitrogens with one attached hydrogen (secondary N) is 2. The van der Waals surface area contributed by atoms with E-state index in [2.05, 4.69) is 38.3 Å². The van der Waals surface area contributed by atoms with Gasteiger partial charge >= 0.3 is 0 Å². The Morgan fingerprint density at radius 2 is 1.93 bits per heavy atom. The molecule has 90 valence electrons. The molecule has 0 spiro atoms. The van der Waals surface area contributed by atoms with Crippen LogP contribution in [0.25, 0.3) is 0 Å². The second kappa shape index (κ2) is 8.72. The summed E-state index contributed by atoms with van der Waals surface area (Å²) < 4.78 is 0. The van der Waals surface area contributed by atoms with Crippen molar-refractivity contribution < 1.29 is 4.79 Å². The van der Waals surface area contributed by atoms with Gasteiger partial charge in [0, 0.05) is 6.04 Å². The second-order valence-corrected chi connectivity index (χ2v) is 4.39. The zero-order valence-electron chi connectivity index (χ0n) is 10.6. The second-order valence-electron chi connectivity index (χ2n) is 4.39. The van der Waals surface area contributed by atoms with Crippen molar-refractivity contribution in [3.63, 3.8) is 0 Å². The van der Waals surface area contributed by atoms with Gasteiger partial charge in [-0.25, -0.2) is 0 Å². The Morgan fingerprint density at radius 3 is 2.47 bits per heavy atom. The third-order valence-electron chi connectivity index (χ3n) is 2.57. The third-order valence-corrected chi connectivity index (χ3v) is 2.57. The first-order valence-electron chi connectivity index (χ1n) is 6.10. The summed E-state index contributed by atoms with van der Waals surface area (Å²) in [6.45, 7) is 9.92. The van der Waals surface area contributed by atoms with E-state index in [9.17, 15) is 4.79 Å². The molecular formula is C12H26N2O. The van der Waals surface area contributed by atoms with E-state index in [4.69, 9.17) is 0 Å². The van der Waals surface area contributed by atoms with Crippen molar-refractivity contribution in [3.8, 4) is 0 Å². The zero-order chi connectivity index (χ0) is 11.7. The fourth-order valence-corrected chi connectivity index (χ4v) is 1.53. The maximum Gasteiger partial charge on any atom is 0.234 e. The molecule has 2 unspecified atom stereocenters. The SMILES string of the molecule is CCCNCC(=O)NC(C)CC(C)CC. The first-order valence-corrected chi connectivity index (χ1v) is 6.10. The van der Waals surface area contributed by atoms with Crippen LogP contribution in [0.3, 0.4) is 0 Å². The predicted molar refractivity (Wildman–Crippen MR) is 64.8 cm³/mol. The lowest BCUT2D eigenvalue weighted by Crippen LogP contribution is -2.39. The van der Waals surface area contributed by atoms with Crippen LogP contribution in [0.5, 0.6) is 0 Å².